The molecule has 1 atom stereocenters. The average molecular weight is 429 g/mol. The van der Waals surface area contributed by atoms with Gasteiger partial charge in [0.1, 0.15) is 10.6 Å². The van der Waals surface area contributed by atoms with E-state index in [9.17, 15) is 14.0 Å². The van der Waals surface area contributed by atoms with E-state index in [-0.39, 0.29) is 23.7 Å². The Balaban J connectivity index is 1.53. The molecule has 0 spiro atoms. The van der Waals surface area contributed by atoms with Crippen molar-refractivity contribution < 1.29 is 14.0 Å². The van der Waals surface area contributed by atoms with Crippen LogP contribution >= 0.6 is 11.3 Å². The maximum Gasteiger partial charge on any atom is 0.264 e. The van der Waals surface area contributed by atoms with Gasteiger partial charge < -0.3 is 10.2 Å². The summed E-state index contributed by atoms with van der Waals surface area (Å²) < 4.78 is 15.1. The van der Waals surface area contributed by atoms with Crippen molar-refractivity contribution in [1.29, 1.82) is 0 Å². The van der Waals surface area contributed by atoms with Crippen molar-refractivity contribution in [1.82, 2.24) is 20.0 Å². The second-order valence-corrected chi connectivity index (χ2v) is 8.74. The van der Waals surface area contributed by atoms with E-state index in [4.69, 9.17) is 0 Å². The van der Waals surface area contributed by atoms with Crippen molar-refractivity contribution in [2.24, 2.45) is 0 Å². The van der Waals surface area contributed by atoms with Gasteiger partial charge in [0.2, 0.25) is 5.91 Å². The molecule has 0 aliphatic carbocycles. The molecule has 1 aliphatic heterocycles. The summed E-state index contributed by atoms with van der Waals surface area (Å²) in [4.78, 5) is 28.3. The summed E-state index contributed by atoms with van der Waals surface area (Å²) in [5.41, 5.74) is 1.82. The third-order valence-electron chi connectivity index (χ3n) is 5.46. The Kier molecular flexibility index (Phi) is 5.85. The number of rotatable bonds is 5. The van der Waals surface area contributed by atoms with Gasteiger partial charge in [0.05, 0.1) is 17.1 Å². The number of halogens is 1. The van der Waals surface area contributed by atoms with Crippen molar-refractivity contribution in [2.45, 2.75) is 45.7 Å². The molecule has 158 valence electrons. The summed E-state index contributed by atoms with van der Waals surface area (Å²) in [6.07, 6.45) is 2.22. The molecule has 1 unspecified atom stereocenters. The van der Waals surface area contributed by atoms with Gasteiger partial charge in [0.25, 0.3) is 5.91 Å². The first-order valence-corrected chi connectivity index (χ1v) is 11.1. The molecule has 1 saturated heterocycles. The number of nitrogens with one attached hydrogen (secondary N) is 1. The van der Waals surface area contributed by atoms with E-state index in [0.29, 0.717) is 30.9 Å². The molecular formula is C22H25FN4O2S. The number of aryl methyl sites for hydroxylation is 1. The molecule has 0 bridgehead atoms. The van der Waals surface area contributed by atoms with Crippen LogP contribution in [0.25, 0.3) is 10.2 Å². The zero-order chi connectivity index (χ0) is 21.3. The Morgan fingerprint density at radius 3 is 2.80 bits per heavy atom. The summed E-state index contributed by atoms with van der Waals surface area (Å²) >= 11 is 1.44. The largest absolute Gasteiger partial charge is 0.352 e. The molecule has 1 N–H and O–H groups in total. The number of amides is 2. The molecule has 30 heavy (non-hydrogen) atoms. The normalized spacial score (nSPS) is 16.8. The monoisotopic (exact) mass is 428 g/mol. The number of hydrogen-bond acceptors (Lipinski definition) is 4. The zero-order valence-corrected chi connectivity index (χ0v) is 18.0. The number of carbonyl (C=O) groups is 2. The van der Waals surface area contributed by atoms with Gasteiger partial charge in [-0.1, -0.05) is 19.1 Å². The Morgan fingerprint density at radius 2 is 2.07 bits per heavy atom. The predicted octanol–water partition coefficient (Wildman–Crippen LogP) is 3.72. The molecule has 0 saturated carbocycles. The molecule has 4 rings (SSSR count). The first-order chi connectivity index (χ1) is 14.4. The van der Waals surface area contributed by atoms with E-state index in [1.807, 2.05) is 29.5 Å². The zero-order valence-electron chi connectivity index (χ0n) is 17.2. The Hall–Kier alpha value is -2.74. The molecular weight excluding hydrogens is 403 g/mol. The van der Waals surface area contributed by atoms with Gasteiger partial charge in [0, 0.05) is 30.9 Å². The molecule has 1 aromatic carbocycles. The Morgan fingerprint density at radius 1 is 1.30 bits per heavy atom. The molecule has 1 aliphatic rings. The maximum atomic E-state index is 13.2. The highest BCUT2D eigenvalue weighted by molar-refractivity contribution is 7.20. The minimum Gasteiger partial charge on any atom is -0.352 e. The van der Waals surface area contributed by atoms with Gasteiger partial charge in [-0.25, -0.2) is 4.39 Å². The number of thiophene rings is 1. The number of likely N-dealkylation sites (tertiary alicyclic amines) is 1. The van der Waals surface area contributed by atoms with Crippen molar-refractivity contribution in [3.05, 3.63) is 52.3 Å². The third-order valence-corrected chi connectivity index (χ3v) is 6.60. The van der Waals surface area contributed by atoms with E-state index in [2.05, 4.69) is 10.4 Å². The Bertz CT molecular complexity index is 1070. The number of hydrogen-bond donors (Lipinski definition) is 1. The highest BCUT2D eigenvalue weighted by Gasteiger charge is 2.27. The fourth-order valence-electron chi connectivity index (χ4n) is 3.85. The van der Waals surface area contributed by atoms with Crippen molar-refractivity contribution in [3.8, 4) is 0 Å². The SMILES string of the molecule is CCC(=O)NC1CCCN(C(=O)c2cc3c(C)nn(Cc4ccc(F)cc4)c3s2)C1. The predicted molar refractivity (Wildman–Crippen MR) is 115 cm³/mol. The van der Waals surface area contributed by atoms with Crippen LogP contribution in [0.2, 0.25) is 0 Å². The van der Waals surface area contributed by atoms with E-state index < -0.39 is 0 Å². The highest BCUT2D eigenvalue weighted by atomic mass is 32.1. The van der Waals surface area contributed by atoms with Gasteiger partial charge in [-0.2, -0.15) is 5.10 Å². The van der Waals surface area contributed by atoms with Crippen LogP contribution in [-0.4, -0.2) is 45.6 Å². The van der Waals surface area contributed by atoms with Gasteiger partial charge in [-0.15, -0.1) is 11.3 Å². The summed E-state index contributed by atoms with van der Waals surface area (Å²) in [5.74, 6) is -0.244. The molecule has 3 heterocycles. The average Bonchev–Trinajstić information content (AvgIpc) is 3.30. The molecule has 0 radical (unpaired) electrons. The third kappa shape index (κ3) is 4.23. The lowest BCUT2D eigenvalue weighted by Crippen LogP contribution is -2.49. The fraction of sp³-hybridized carbons (Fsp3) is 0.409. The van der Waals surface area contributed by atoms with E-state index >= 15 is 0 Å². The lowest BCUT2D eigenvalue weighted by atomic mass is 10.1. The highest BCUT2D eigenvalue weighted by Crippen LogP contribution is 2.30. The summed E-state index contributed by atoms with van der Waals surface area (Å²) in [7, 11) is 0. The number of carbonyl (C=O) groups excluding carboxylic acids is 2. The van der Waals surface area contributed by atoms with Crippen LogP contribution in [0.1, 0.15) is 47.1 Å². The van der Waals surface area contributed by atoms with Gasteiger partial charge >= 0.3 is 0 Å². The second-order valence-electron chi connectivity index (χ2n) is 7.71. The summed E-state index contributed by atoms with van der Waals surface area (Å²) in [5, 5.41) is 8.57. The number of piperidine rings is 1. The van der Waals surface area contributed by atoms with Crippen molar-refractivity contribution in [3.63, 3.8) is 0 Å². The lowest BCUT2D eigenvalue weighted by Gasteiger charge is -2.32. The second kappa shape index (κ2) is 8.55. The van der Waals surface area contributed by atoms with Gasteiger partial charge in [0.15, 0.2) is 0 Å². The van der Waals surface area contributed by atoms with Gasteiger partial charge in [-0.05, 0) is 43.5 Å². The standard InChI is InChI=1S/C22H25FN4O2S/c1-3-20(28)24-17-5-4-10-26(13-17)21(29)19-11-18-14(2)25-27(22(18)30-19)12-15-6-8-16(23)9-7-15/h6-9,11,17H,3-5,10,12-13H2,1-2H3,(H,24,28). The van der Waals surface area contributed by atoms with E-state index in [1.54, 1.807) is 12.1 Å². The smallest absolute Gasteiger partial charge is 0.264 e. The molecule has 1 fully saturated rings. The van der Waals surface area contributed by atoms with Crippen LogP contribution in [-0.2, 0) is 11.3 Å². The summed E-state index contributed by atoms with van der Waals surface area (Å²) in [6, 6.07) is 8.31. The number of nitrogens with zero attached hydrogens (tertiary/aromatic N) is 3. The number of aromatic nitrogens is 2. The van der Waals surface area contributed by atoms with Crippen LogP contribution in [0, 0.1) is 12.7 Å². The minimum absolute atomic E-state index is 0.000574. The van der Waals surface area contributed by atoms with Crippen LogP contribution in [0.5, 0.6) is 0 Å². The minimum atomic E-state index is -0.264. The van der Waals surface area contributed by atoms with Crippen LogP contribution < -0.4 is 5.32 Å². The summed E-state index contributed by atoms with van der Waals surface area (Å²) in [6.45, 7) is 5.52. The fourth-order valence-corrected chi connectivity index (χ4v) is 4.98. The first kappa shape index (κ1) is 20.5. The van der Waals surface area contributed by atoms with Crippen LogP contribution in [0.4, 0.5) is 4.39 Å². The molecule has 3 aromatic rings. The Labute approximate surface area is 178 Å². The molecule has 2 aromatic heterocycles. The lowest BCUT2D eigenvalue weighted by molar-refractivity contribution is -0.121. The molecule has 6 nitrogen and oxygen atoms in total. The van der Waals surface area contributed by atoms with Gasteiger partial charge in [-0.3, -0.25) is 14.3 Å². The van der Waals surface area contributed by atoms with E-state index in [0.717, 1.165) is 34.3 Å². The quantitative estimate of drug-likeness (QED) is 0.673. The molecule has 8 heteroatoms. The van der Waals surface area contributed by atoms with Crippen LogP contribution in [0.3, 0.4) is 0 Å². The number of benzene rings is 1. The first-order valence-electron chi connectivity index (χ1n) is 10.2. The van der Waals surface area contributed by atoms with E-state index in [1.165, 1.54) is 23.5 Å². The number of fused-ring (bicyclic) bond motifs is 1. The maximum absolute atomic E-state index is 13.2. The van der Waals surface area contributed by atoms with Crippen molar-refractivity contribution in [2.75, 3.05) is 13.1 Å². The molecule has 2 amide bonds. The topological polar surface area (TPSA) is 67.2 Å². The van der Waals surface area contributed by atoms with Crippen molar-refractivity contribution >= 4 is 33.4 Å². The van der Waals surface area contributed by atoms with Crippen LogP contribution in [0.15, 0.2) is 30.3 Å².